The number of carbonyl (C=O) groups is 2. The number of amides is 2. The Kier molecular flexibility index (Phi) is 3.58. The van der Waals surface area contributed by atoms with Crippen molar-refractivity contribution in [3.63, 3.8) is 0 Å². The van der Waals surface area contributed by atoms with Crippen LogP contribution in [0, 0.1) is 13.8 Å². The number of carbonyl (C=O) groups excluding carboxylic acids is 2. The third-order valence-corrected chi connectivity index (χ3v) is 4.59. The molecule has 0 radical (unpaired) electrons. The number of halogens is 1. The van der Waals surface area contributed by atoms with E-state index >= 15 is 0 Å². The van der Waals surface area contributed by atoms with Gasteiger partial charge in [-0.05, 0) is 61.4 Å². The Morgan fingerprint density at radius 2 is 1.56 bits per heavy atom. The van der Waals surface area contributed by atoms with Crippen molar-refractivity contribution in [2.75, 3.05) is 9.91 Å². The highest BCUT2D eigenvalue weighted by molar-refractivity contribution is 6.30. The molecule has 4 rings (SSSR count). The highest BCUT2D eigenvalue weighted by atomic mass is 35.5. The van der Waals surface area contributed by atoms with E-state index in [2.05, 4.69) is 10.3 Å². The summed E-state index contributed by atoms with van der Waals surface area (Å²) in [6, 6.07) is 11.0. The number of hydrogen-bond donors (Lipinski definition) is 0. The lowest BCUT2D eigenvalue weighted by Gasteiger charge is -2.21. The average molecular weight is 355 g/mol. The summed E-state index contributed by atoms with van der Waals surface area (Å²) in [5, 5.41) is 10.1. The first-order valence-corrected chi connectivity index (χ1v) is 8.25. The highest BCUT2D eigenvalue weighted by Gasteiger charge is 2.55. The molecular weight excluding hydrogens is 340 g/mol. The Balaban J connectivity index is 1.71. The quantitative estimate of drug-likeness (QED) is 0.776. The van der Waals surface area contributed by atoms with Crippen molar-refractivity contribution >= 4 is 34.8 Å². The van der Waals surface area contributed by atoms with Gasteiger partial charge in [0.05, 0.1) is 11.4 Å². The number of nitrogens with zero attached hydrogens (tertiary/aromatic N) is 4. The Morgan fingerprint density at radius 1 is 0.920 bits per heavy atom. The van der Waals surface area contributed by atoms with E-state index in [1.54, 1.807) is 24.3 Å². The SMILES string of the molecule is Cc1cc(C)cc(N2C(=O)C3N=NN(c4ccc(Cl)cc4)C3C2=O)c1. The van der Waals surface area contributed by atoms with E-state index in [9.17, 15) is 9.59 Å². The second kappa shape index (κ2) is 5.67. The van der Waals surface area contributed by atoms with Crippen LogP contribution in [0.3, 0.4) is 0 Å². The predicted octanol–water partition coefficient (Wildman–Crippen LogP) is 3.45. The first-order valence-electron chi connectivity index (χ1n) is 7.87. The molecule has 2 heterocycles. The van der Waals surface area contributed by atoms with E-state index in [4.69, 9.17) is 11.6 Å². The van der Waals surface area contributed by atoms with Crippen molar-refractivity contribution in [2.24, 2.45) is 10.3 Å². The van der Waals surface area contributed by atoms with Gasteiger partial charge in [0.25, 0.3) is 11.8 Å². The summed E-state index contributed by atoms with van der Waals surface area (Å²) in [5.41, 5.74) is 3.23. The van der Waals surface area contributed by atoms with E-state index in [0.717, 1.165) is 11.1 Å². The Bertz CT molecular complexity index is 890. The molecule has 2 atom stereocenters. The lowest BCUT2D eigenvalue weighted by molar-refractivity contribution is -0.121. The summed E-state index contributed by atoms with van der Waals surface area (Å²) in [6.07, 6.45) is 0. The zero-order valence-electron chi connectivity index (χ0n) is 13.7. The Hall–Kier alpha value is -2.73. The van der Waals surface area contributed by atoms with Crippen LogP contribution < -0.4 is 9.91 Å². The predicted molar refractivity (Wildman–Crippen MR) is 94.8 cm³/mol. The average Bonchev–Trinajstić information content (AvgIpc) is 3.08. The van der Waals surface area contributed by atoms with Crippen molar-refractivity contribution in [1.82, 2.24) is 0 Å². The summed E-state index contributed by atoms with van der Waals surface area (Å²) >= 11 is 5.91. The summed E-state index contributed by atoms with van der Waals surface area (Å²) in [5.74, 6) is -0.667. The molecule has 0 bridgehead atoms. The van der Waals surface area contributed by atoms with Gasteiger partial charge in [0, 0.05) is 5.02 Å². The number of benzene rings is 2. The smallest absolute Gasteiger partial charge is 0.263 e. The monoisotopic (exact) mass is 354 g/mol. The maximum Gasteiger partial charge on any atom is 0.263 e. The summed E-state index contributed by atoms with van der Waals surface area (Å²) in [6.45, 7) is 3.87. The number of rotatable bonds is 2. The summed E-state index contributed by atoms with van der Waals surface area (Å²) in [4.78, 5) is 27.0. The molecule has 2 aliphatic rings. The fourth-order valence-corrected chi connectivity index (χ4v) is 3.43. The molecule has 7 heteroatoms. The van der Waals surface area contributed by atoms with E-state index in [0.29, 0.717) is 16.4 Å². The van der Waals surface area contributed by atoms with Gasteiger partial charge in [0.2, 0.25) is 0 Å². The van der Waals surface area contributed by atoms with E-state index in [-0.39, 0.29) is 11.8 Å². The maximum atomic E-state index is 13.0. The molecule has 0 aliphatic carbocycles. The van der Waals surface area contributed by atoms with E-state index < -0.39 is 12.1 Å². The standard InChI is InChI=1S/C18H15ClN4O2/c1-10-7-11(2)9-14(8-10)22-17(24)15-16(18(22)25)23(21-20-15)13-5-3-12(19)4-6-13/h3-9,15-16H,1-2H3. The van der Waals surface area contributed by atoms with Crippen LogP contribution in [0.5, 0.6) is 0 Å². The third-order valence-electron chi connectivity index (χ3n) is 4.34. The minimum absolute atomic E-state index is 0.319. The first-order chi connectivity index (χ1) is 12.0. The zero-order chi connectivity index (χ0) is 17.7. The van der Waals surface area contributed by atoms with Crippen LogP contribution in [0.25, 0.3) is 0 Å². The molecule has 0 spiro atoms. The van der Waals surface area contributed by atoms with Crippen LogP contribution in [0.2, 0.25) is 5.02 Å². The largest absolute Gasteiger partial charge is 0.271 e. The second-order valence-electron chi connectivity index (χ2n) is 6.27. The molecule has 126 valence electrons. The molecular formula is C18H15ClN4O2. The van der Waals surface area contributed by atoms with Gasteiger partial charge >= 0.3 is 0 Å². The molecule has 2 amide bonds. The third kappa shape index (κ3) is 2.49. The molecule has 1 fully saturated rings. The topological polar surface area (TPSA) is 65.3 Å². The van der Waals surface area contributed by atoms with Gasteiger partial charge in [0.15, 0.2) is 12.1 Å². The fraction of sp³-hybridized carbons (Fsp3) is 0.222. The minimum atomic E-state index is -0.816. The number of aryl methyl sites for hydroxylation is 2. The van der Waals surface area contributed by atoms with Crippen LogP contribution >= 0.6 is 11.6 Å². The molecule has 2 unspecified atom stereocenters. The van der Waals surface area contributed by atoms with Gasteiger partial charge in [-0.2, -0.15) is 5.11 Å². The molecule has 2 aliphatic heterocycles. The molecule has 0 aromatic heterocycles. The van der Waals surface area contributed by atoms with Crippen LogP contribution in [0.1, 0.15) is 11.1 Å². The molecule has 0 saturated carbocycles. The first kappa shape index (κ1) is 15.8. The van der Waals surface area contributed by atoms with Gasteiger partial charge in [-0.3, -0.25) is 9.59 Å². The van der Waals surface area contributed by atoms with Crippen LogP contribution in [0.15, 0.2) is 52.8 Å². The molecule has 25 heavy (non-hydrogen) atoms. The lowest BCUT2D eigenvalue weighted by atomic mass is 10.1. The van der Waals surface area contributed by atoms with Gasteiger partial charge in [-0.15, -0.1) is 0 Å². The summed E-state index contributed by atoms with van der Waals surface area (Å²) in [7, 11) is 0. The molecule has 2 aromatic carbocycles. The molecule has 2 aromatic rings. The minimum Gasteiger partial charge on any atom is -0.271 e. The van der Waals surface area contributed by atoms with E-state index in [1.165, 1.54) is 9.91 Å². The van der Waals surface area contributed by atoms with Crippen LogP contribution in [-0.4, -0.2) is 23.9 Å². The molecule has 1 saturated heterocycles. The van der Waals surface area contributed by atoms with Crippen molar-refractivity contribution in [2.45, 2.75) is 25.9 Å². The highest BCUT2D eigenvalue weighted by Crippen LogP contribution is 2.35. The van der Waals surface area contributed by atoms with Crippen molar-refractivity contribution in [3.05, 3.63) is 58.6 Å². The molecule has 6 nitrogen and oxygen atoms in total. The lowest BCUT2D eigenvalue weighted by Crippen LogP contribution is -2.39. The summed E-state index contributed by atoms with van der Waals surface area (Å²) < 4.78 is 0. The second-order valence-corrected chi connectivity index (χ2v) is 6.71. The van der Waals surface area contributed by atoms with Crippen molar-refractivity contribution < 1.29 is 9.59 Å². The zero-order valence-corrected chi connectivity index (χ0v) is 14.4. The van der Waals surface area contributed by atoms with Crippen molar-refractivity contribution in [3.8, 4) is 0 Å². The Labute approximate surface area is 149 Å². The van der Waals surface area contributed by atoms with Gasteiger partial charge < -0.3 is 0 Å². The molecule has 0 N–H and O–H groups in total. The van der Waals surface area contributed by atoms with Crippen molar-refractivity contribution in [1.29, 1.82) is 0 Å². The van der Waals surface area contributed by atoms with Gasteiger partial charge in [-0.1, -0.05) is 22.9 Å². The van der Waals surface area contributed by atoms with Crippen LogP contribution in [-0.2, 0) is 9.59 Å². The Morgan fingerprint density at radius 3 is 2.20 bits per heavy atom. The number of fused-ring (bicyclic) bond motifs is 1. The number of hydrogen-bond acceptors (Lipinski definition) is 5. The van der Waals surface area contributed by atoms with Gasteiger partial charge in [0.1, 0.15) is 0 Å². The van der Waals surface area contributed by atoms with Gasteiger partial charge in [-0.25, -0.2) is 9.91 Å². The number of anilines is 2. The van der Waals surface area contributed by atoms with Crippen LogP contribution in [0.4, 0.5) is 11.4 Å². The number of imide groups is 1. The maximum absolute atomic E-state index is 13.0. The van der Waals surface area contributed by atoms with E-state index in [1.807, 2.05) is 32.0 Å². The normalized spacial score (nSPS) is 22.0. The fourth-order valence-electron chi connectivity index (χ4n) is 3.30.